The average Bonchev–Trinajstić information content (AvgIpc) is 2.96. The molecule has 0 saturated carbocycles. The van der Waals surface area contributed by atoms with Crippen molar-refractivity contribution < 1.29 is 27.5 Å². The van der Waals surface area contributed by atoms with Crippen molar-refractivity contribution in [3.63, 3.8) is 0 Å². The van der Waals surface area contributed by atoms with Crippen molar-refractivity contribution in [3.8, 4) is 0 Å². The van der Waals surface area contributed by atoms with Gasteiger partial charge in [0.05, 0.1) is 4.90 Å². The number of amides is 1. The predicted octanol–water partition coefficient (Wildman–Crippen LogP) is 2.27. The van der Waals surface area contributed by atoms with E-state index >= 15 is 0 Å². The molecule has 1 aromatic carbocycles. The predicted molar refractivity (Wildman–Crippen MR) is 111 cm³/mol. The van der Waals surface area contributed by atoms with E-state index in [9.17, 15) is 22.8 Å². The quantitative estimate of drug-likeness (QED) is 0.508. The van der Waals surface area contributed by atoms with Crippen molar-refractivity contribution in [1.29, 1.82) is 0 Å². The van der Waals surface area contributed by atoms with E-state index in [0.717, 1.165) is 4.31 Å². The smallest absolute Gasteiger partial charge is 0.355 e. The van der Waals surface area contributed by atoms with Gasteiger partial charge in [-0.2, -0.15) is 0 Å². The number of aromatic nitrogens is 1. The standard InChI is InChI=1S/C20H25N3O6S/c1-11-17(13(3)24)12(2)21-18(11)20(26)29-14(4)19(25)22-15-8-7-9-16(10-15)30(27,28)23(5)6/h7-10,14,21H,1-6H3,(H,22,25). The van der Waals surface area contributed by atoms with E-state index < -0.39 is 28.0 Å². The van der Waals surface area contributed by atoms with Gasteiger partial charge in [0.2, 0.25) is 10.0 Å². The van der Waals surface area contributed by atoms with Crippen LogP contribution in [0.4, 0.5) is 5.69 Å². The van der Waals surface area contributed by atoms with Crippen LogP contribution in [-0.2, 0) is 19.6 Å². The fourth-order valence-corrected chi connectivity index (χ4v) is 3.89. The molecule has 0 radical (unpaired) electrons. The Hall–Kier alpha value is -2.98. The van der Waals surface area contributed by atoms with E-state index in [-0.39, 0.29) is 22.1 Å². The highest BCUT2D eigenvalue weighted by molar-refractivity contribution is 7.89. The molecule has 2 aromatic rings. The molecule has 30 heavy (non-hydrogen) atoms. The number of H-pyrrole nitrogens is 1. The Morgan fingerprint density at radius 3 is 2.33 bits per heavy atom. The Bertz CT molecular complexity index is 1100. The molecule has 2 N–H and O–H groups in total. The Balaban J connectivity index is 2.13. The summed E-state index contributed by atoms with van der Waals surface area (Å²) in [5.41, 5.74) is 1.77. The molecule has 162 valence electrons. The molecule has 2 rings (SSSR count). The maximum Gasteiger partial charge on any atom is 0.355 e. The van der Waals surface area contributed by atoms with Gasteiger partial charge >= 0.3 is 5.97 Å². The molecular weight excluding hydrogens is 410 g/mol. The topological polar surface area (TPSA) is 126 Å². The number of carbonyl (C=O) groups excluding carboxylic acids is 3. The van der Waals surface area contributed by atoms with Gasteiger partial charge in [-0.3, -0.25) is 9.59 Å². The lowest BCUT2D eigenvalue weighted by atomic mass is 10.1. The number of nitrogens with zero attached hydrogens (tertiary/aromatic N) is 1. The van der Waals surface area contributed by atoms with E-state index in [0.29, 0.717) is 16.8 Å². The van der Waals surface area contributed by atoms with Crippen molar-refractivity contribution in [3.05, 3.63) is 46.8 Å². The van der Waals surface area contributed by atoms with Crippen LogP contribution in [0.2, 0.25) is 0 Å². The molecule has 10 heteroatoms. The lowest BCUT2D eigenvalue weighted by Crippen LogP contribution is -2.30. The van der Waals surface area contributed by atoms with Gasteiger partial charge in [-0.25, -0.2) is 17.5 Å². The third-order valence-corrected chi connectivity index (χ3v) is 6.34. The number of esters is 1. The minimum Gasteiger partial charge on any atom is -0.448 e. The maximum absolute atomic E-state index is 12.5. The number of rotatable bonds is 7. The van der Waals surface area contributed by atoms with Crippen LogP contribution in [0.1, 0.15) is 46.0 Å². The number of ketones is 1. The summed E-state index contributed by atoms with van der Waals surface area (Å²) in [6, 6.07) is 5.76. The first-order valence-electron chi connectivity index (χ1n) is 9.10. The van der Waals surface area contributed by atoms with Gasteiger partial charge < -0.3 is 15.0 Å². The van der Waals surface area contributed by atoms with Crippen molar-refractivity contribution in [2.45, 2.75) is 38.7 Å². The van der Waals surface area contributed by atoms with Gasteiger partial charge in [-0.1, -0.05) is 6.07 Å². The average molecular weight is 436 g/mol. The lowest BCUT2D eigenvalue weighted by molar-refractivity contribution is -0.123. The van der Waals surface area contributed by atoms with Crippen LogP contribution in [0.3, 0.4) is 0 Å². The number of aryl methyl sites for hydroxylation is 1. The molecule has 0 aliphatic heterocycles. The fraction of sp³-hybridized carbons (Fsp3) is 0.350. The van der Waals surface area contributed by atoms with E-state index in [1.54, 1.807) is 13.8 Å². The van der Waals surface area contributed by atoms with E-state index in [1.807, 2.05) is 0 Å². The van der Waals surface area contributed by atoms with Crippen LogP contribution in [0.15, 0.2) is 29.2 Å². The Morgan fingerprint density at radius 2 is 1.80 bits per heavy atom. The van der Waals surface area contributed by atoms with Gasteiger partial charge in [0.25, 0.3) is 5.91 Å². The summed E-state index contributed by atoms with van der Waals surface area (Å²) in [6.07, 6.45) is -1.16. The summed E-state index contributed by atoms with van der Waals surface area (Å²) in [4.78, 5) is 39.4. The minimum absolute atomic E-state index is 0.0178. The van der Waals surface area contributed by atoms with Gasteiger partial charge in [0, 0.05) is 31.0 Å². The third kappa shape index (κ3) is 4.77. The normalized spacial score (nSPS) is 12.5. The highest BCUT2D eigenvalue weighted by atomic mass is 32.2. The largest absolute Gasteiger partial charge is 0.448 e. The van der Waals surface area contributed by atoms with Gasteiger partial charge in [0.1, 0.15) is 5.69 Å². The summed E-state index contributed by atoms with van der Waals surface area (Å²) in [5.74, 6) is -1.58. The Kier molecular flexibility index (Phi) is 6.84. The van der Waals surface area contributed by atoms with Gasteiger partial charge in [-0.05, 0) is 51.5 Å². The van der Waals surface area contributed by atoms with Crippen molar-refractivity contribution in [2.24, 2.45) is 0 Å². The molecular formula is C20H25N3O6S. The monoisotopic (exact) mass is 435 g/mol. The molecule has 0 bridgehead atoms. The zero-order valence-corrected chi connectivity index (χ0v) is 18.5. The number of nitrogens with one attached hydrogen (secondary N) is 2. The minimum atomic E-state index is -3.66. The van der Waals surface area contributed by atoms with E-state index in [1.165, 1.54) is 52.2 Å². The van der Waals surface area contributed by atoms with Crippen LogP contribution in [0, 0.1) is 13.8 Å². The number of anilines is 1. The molecule has 1 aromatic heterocycles. The highest BCUT2D eigenvalue weighted by Crippen LogP contribution is 2.21. The first-order chi connectivity index (χ1) is 13.9. The molecule has 0 saturated heterocycles. The number of hydrogen-bond donors (Lipinski definition) is 2. The summed E-state index contributed by atoms with van der Waals surface area (Å²) >= 11 is 0. The molecule has 0 spiro atoms. The SMILES string of the molecule is CC(=O)c1c(C)[nH]c(C(=O)OC(C)C(=O)Nc2cccc(S(=O)(=O)N(C)C)c2)c1C. The molecule has 0 aliphatic carbocycles. The molecule has 1 amide bonds. The number of carbonyl (C=O) groups is 3. The number of benzene rings is 1. The summed E-state index contributed by atoms with van der Waals surface area (Å²) in [6.45, 7) is 6.09. The van der Waals surface area contributed by atoms with Crippen LogP contribution in [-0.4, -0.2) is 55.6 Å². The Morgan fingerprint density at radius 1 is 1.17 bits per heavy atom. The molecule has 9 nitrogen and oxygen atoms in total. The molecule has 0 fully saturated rings. The van der Waals surface area contributed by atoms with Crippen LogP contribution < -0.4 is 5.32 Å². The molecule has 1 atom stereocenters. The second kappa shape index (κ2) is 8.80. The number of Topliss-reactive ketones (excluding diaryl/α,β-unsaturated/α-hetero) is 1. The number of sulfonamides is 1. The zero-order chi connectivity index (χ0) is 22.8. The van der Waals surface area contributed by atoms with Gasteiger partial charge in [-0.15, -0.1) is 0 Å². The highest BCUT2D eigenvalue weighted by Gasteiger charge is 2.25. The van der Waals surface area contributed by atoms with Crippen molar-refractivity contribution >= 4 is 33.4 Å². The molecule has 0 aliphatic rings. The first-order valence-corrected chi connectivity index (χ1v) is 10.5. The lowest BCUT2D eigenvalue weighted by Gasteiger charge is -2.15. The zero-order valence-electron chi connectivity index (χ0n) is 17.7. The van der Waals surface area contributed by atoms with Gasteiger partial charge in [0.15, 0.2) is 11.9 Å². The van der Waals surface area contributed by atoms with E-state index in [4.69, 9.17) is 4.74 Å². The first kappa shape index (κ1) is 23.3. The fourth-order valence-electron chi connectivity index (χ4n) is 2.94. The Labute approximate surface area is 175 Å². The van der Waals surface area contributed by atoms with Crippen LogP contribution in [0.5, 0.6) is 0 Å². The molecule has 1 unspecified atom stereocenters. The summed E-state index contributed by atoms with van der Waals surface area (Å²) in [7, 11) is -0.846. The summed E-state index contributed by atoms with van der Waals surface area (Å²) in [5, 5.41) is 2.54. The summed E-state index contributed by atoms with van der Waals surface area (Å²) < 4.78 is 30.7. The maximum atomic E-state index is 12.5. The second-order valence-electron chi connectivity index (χ2n) is 7.03. The van der Waals surface area contributed by atoms with Crippen LogP contribution >= 0.6 is 0 Å². The van der Waals surface area contributed by atoms with E-state index in [2.05, 4.69) is 10.3 Å². The van der Waals surface area contributed by atoms with Crippen molar-refractivity contribution in [1.82, 2.24) is 9.29 Å². The van der Waals surface area contributed by atoms with Crippen LogP contribution in [0.25, 0.3) is 0 Å². The number of aromatic amines is 1. The third-order valence-electron chi connectivity index (χ3n) is 4.53. The van der Waals surface area contributed by atoms with Crippen molar-refractivity contribution in [2.75, 3.05) is 19.4 Å². The number of ether oxygens (including phenoxy) is 1. The number of hydrogen-bond acceptors (Lipinski definition) is 6. The molecule has 1 heterocycles. The second-order valence-corrected chi connectivity index (χ2v) is 9.19.